The lowest BCUT2D eigenvalue weighted by Gasteiger charge is -2.19. The topological polar surface area (TPSA) is 90.9 Å². The molecule has 3 rings (SSSR count). The number of aromatic nitrogens is 3. The molecule has 0 saturated heterocycles. The van der Waals surface area contributed by atoms with Gasteiger partial charge in [0.05, 0.1) is 10.6 Å². The normalized spacial score (nSPS) is 12.9. The number of benzene rings is 2. The van der Waals surface area contributed by atoms with Gasteiger partial charge in [0.1, 0.15) is 0 Å². The minimum absolute atomic E-state index is 0.0128. The predicted molar refractivity (Wildman–Crippen MR) is 102 cm³/mol. The summed E-state index contributed by atoms with van der Waals surface area (Å²) in [6, 6.07) is 12.1. The Morgan fingerprint density at radius 2 is 1.48 bits per heavy atom. The number of sulfonamides is 1. The lowest BCUT2D eigenvalue weighted by molar-refractivity contribution is -0.144. The van der Waals surface area contributed by atoms with Gasteiger partial charge in [0.2, 0.25) is 10.0 Å². The minimum Gasteiger partial charge on any atom is -0.225 e. The molecule has 29 heavy (non-hydrogen) atoms. The Hall–Kier alpha value is -2.72. The Kier molecular flexibility index (Phi) is 5.04. The Balaban J connectivity index is 2.13. The quantitative estimate of drug-likeness (QED) is 0.690. The number of nitrogens with zero attached hydrogens (tertiary/aromatic N) is 3. The molecule has 6 nitrogen and oxygen atoms in total. The fourth-order valence-electron chi connectivity index (χ4n) is 2.70. The summed E-state index contributed by atoms with van der Waals surface area (Å²) in [6.45, 7) is 6.08. The molecular weight excluding hydrogens is 405 g/mol. The molecule has 0 amide bonds. The van der Waals surface area contributed by atoms with Crippen LogP contribution in [0.4, 0.5) is 13.2 Å². The molecule has 3 aromatic rings. The van der Waals surface area contributed by atoms with Gasteiger partial charge >= 0.3 is 6.18 Å². The molecule has 0 aliphatic heterocycles. The van der Waals surface area contributed by atoms with Gasteiger partial charge < -0.3 is 0 Å². The summed E-state index contributed by atoms with van der Waals surface area (Å²) in [4.78, 5) is 3.52. The Labute approximate surface area is 166 Å². The highest BCUT2D eigenvalue weighted by Gasteiger charge is 2.37. The van der Waals surface area contributed by atoms with Gasteiger partial charge in [-0.2, -0.15) is 13.2 Å². The zero-order valence-electron chi connectivity index (χ0n) is 15.9. The number of hydrogen-bond donors (Lipinski definition) is 1. The number of rotatable bonds is 3. The van der Waals surface area contributed by atoms with Crippen molar-refractivity contribution in [1.29, 1.82) is 0 Å². The van der Waals surface area contributed by atoms with Crippen molar-refractivity contribution in [2.24, 2.45) is 5.14 Å². The number of primary sulfonamides is 1. The Morgan fingerprint density at radius 3 is 1.93 bits per heavy atom. The highest BCUT2D eigenvalue weighted by atomic mass is 32.2. The van der Waals surface area contributed by atoms with E-state index in [0.717, 1.165) is 10.2 Å². The van der Waals surface area contributed by atoms with E-state index in [1.807, 2.05) is 32.9 Å². The predicted octanol–water partition coefficient (Wildman–Crippen LogP) is 3.90. The smallest absolute Gasteiger partial charge is 0.225 e. The molecule has 1 heterocycles. The van der Waals surface area contributed by atoms with Crippen LogP contribution in [0.1, 0.15) is 32.2 Å². The van der Waals surface area contributed by atoms with Crippen molar-refractivity contribution in [3.05, 3.63) is 59.9 Å². The van der Waals surface area contributed by atoms with Crippen molar-refractivity contribution in [2.75, 3.05) is 0 Å². The van der Waals surface area contributed by atoms with Gasteiger partial charge in [-0.25, -0.2) is 23.2 Å². The third-order valence-electron chi connectivity index (χ3n) is 4.28. The van der Waals surface area contributed by atoms with Crippen LogP contribution in [-0.4, -0.2) is 23.2 Å². The maximum atomic E-state index is 13.2. The molecular formula is C19H19F3N4O2S. The van der Waals surface area contributed by atoms with Gasteiger partial charge in [-0.1, -0.05) is 45.0 Å². The summed E-state index contributed by atoms with van der Waals surface area (Å²) in [5.41, 5.74) is 1.56. The number of nitrogens with two attached hydrogens (primary N) is 1. The van der Waals surface area contributed by atoms with E-state index in [2.05, 4.69) is 10.1 Å². The third-order valence-corrected chi connectivity index (χ3v) is 5.21. The molecule has 2 aromatic carbocycles. The second-order valence-corrected chi connectivity index (χ2v) is 9.10. The SMILES string of the molecule is CC(C)(C)c1ccc(-c2nc(C(F)(F)F)nn2-c2ccc(S(N)(=O)=O)cc2)cc1. The summed E-state index contributed by atoms with van der Waals surface area (Å²) >= 11 is 0. The van der Waals surface area contributed by atoms with E-state index in [0.29, 0.717) is 5.56 Å². The second-order valence-electron chi connectivity index (χ2n) is 7.53. The molecule has 10 heteroatoms. The van der Waals surface area contributed by atoms with Crippen LogP contribution in [0.3, 0.4) is 0 Å². The molecule has 0 fully saturated rings. The molecule has 0 atom stereocenters. The summed E-state index contributed by atoms with van der Waals surface area (Å²) in [7, 11) is -3.93. The van der Waals surface area contributed by atoms with Crippen LogP contribution >= 0.6 is 0 Å². The second kappa shape index (κ2) is 6.96. The number of hydrogen-bond acceptors (Lipinski definition) is 4. The van der Waals surface area contributed by atoms with E-state index in [1.54, 1.807) is 12.1 Å². The van der Waals surface area contributed by atoms with Crippen LogP contribution in [0.5, 0.6) is 0 Å². The first-order valence-corrected chi connectivity index (χ1v) is 10.1. The summed E-state index contributed by atoms with van der Waals surface area (Å²) in [6.07, 6.45) is -4.73. The molecule has 154 valence electrons. The fraction of sp³-hybridized carbons (Fsp3) is 0.263. The molecule has 1 aromatic heterocycles. The molecule has 0 bridgehead atoms. The van der Waals surface area contributed by atoms with Gasteiger partial charge in [0.15, 0.2) is 5.82 Å². The van der Waals surface area contributed by atoms with E-state index in [-0.39, 0.29) is 21.8 Å². The highest BCUT2D eigenvalue weighted by molar-refractivity contribution is 7.89. The van der Waals surface area contributed by atoms with E-state index >= 15 is 0 Å². The lowest BCUT2D eigenvalue weighted by Crippen LogP contribution is -2.12. The van der Waals surface area contributed by atoms with Gasteiger partial charge in [-0.15, -0.1) is 5.10 Å². The zero-order chi connectivity index (χ0) is 21.6. The molecule has 2 N–H and O–H groups in total. The summed E-state index contributed by atoms with van der Waals surface area (Å²) in [5.74, 6) is -1.30. The molecule has 0 unspecified atom stereocenters. The van der Waals surface area contributed by atoms with E-state index in [1.165, 1.54) is 24.3 Å². The van der Waals surface area contributed by atoms with E-state index in [4.69, 9.17) is 5.14 Å². The largest absolute Gasteiger partial charge is 0.453 e. The van der Waals surface area contributed by atoms with Crippen molar-refractivity contribution in [3.8, 4) is 17.1 Å². The van der Waals surface area contributed by atoms with Crippen molar-refractivity contribution in [3.63, 3.8) is 0 Å². The Morgan fingerprint density at radius 1 is 0.931 bits per heavy atom. The molecule has 0 spiro atoms. The minimum atomic E-state index is -4.73. The van der Waals surface area contributed by atoms with Crippen molar-refractivity contribution >= 4 is 10.0 Å². The average molecular weight is 424 g/mol. The molecule has 0 radical (unpaired) electrons. The fourth-order valence-corrected chi connectivity index (χ4v) is 3.21. The standard InChI is InChI=1S/C19H19F3N4O2S/c1-18(2,3)13-6-4-12(5-7-13)16-24-17(19(20,21)22)25-26(16)14-8-10-15(11-9-14)29(23,27)28/h4-11H,1-3H3,(H2,23,27,28). The third kappa shape index (κ3) is 4.48. The van der Waals surface area contributed by atoms with Crippen LogP contribution in [0, 0.1) is 0 Å². The maximum absolute atomic E-state index is 13.2. The molecule has 0 aliphatic carbocycles. The van der Waals surface area contributed by atoms with Gasteiger partial charge in [-0.05, 0) is 35.2 Å². The Bertz CT molecular complexity index is 1130. The van der Waals surface area contributed by atoms with Gasteiger partial charge in [-0.3, -0.25) is 0 Å². The van der Waals surface area contributed by atoms with Crippen molar-refractivity contribution < 1.29 is 21.6 Å². The van der Waals surface area contributed by atoms with E-state index < -0.39 is 22.0 Å². The number of alkyl halides is 3. The lowest BCUT2D eigenvalue weighted by atomic mass is 9.87. The summed E-state index contributed by atoms with van der Waals surface area (Å²) < 4.78 is 63.5. The van der Waals surface area contributed by atoms with Crippen LogP contribution in [0.15, 0.2) is 53.4 Å². The summed E-state index contributed by atoms with van der Waals surface area (Å²) in [5, 5.41) is 8.66. The zero-order valence-corrected chi connectivity index (χ0v) is 16.7. The van der Waals surface area contributed by atoms with Gasteiger partial charge in [0.25, 0.3) is 5.82 Å². The van der Waals surface area contributed by atoms with Gasteiger partial charge in [0, 0.05) is 5.56 Å². The van der Waals surface area contributed by atoms with Crippen LogP contribution in [0.2, 0.25) is 0 Å². The van der Waals surface area contributed by atoms with Crippen LogP contribution < -0.4 is 5.14 Å². The van der Waals surface area contributed by atoms with Crippen molar-refractivity contribution in [1.82, 2.24) is 14.8 Å². The average Bonchev–Trinajstić information content (AvgIpc) is 3.06. The first kappa shape index (κ1) is 21.0. The maximum Gasteiger partial charge on any atom is 0.453 e. The first-order chi connectivity index (χ1) is 13.3. The monoisotopic (exact) mass is 424 g/mol. The van der Waals surface area contributed by atoms with Crippen LogP contribution in [-0.2, 0) is 21.6 Å². The first-order valence-electron chi connectivity index (χ1n) is 8.55. The molecule has 0 aliphatic rings. The van der Waals surface area contributed by atoms with E-state index in [9.17, 15) is 21.6 Å². The van der Waals surface area contributed by atoms with Crippen molar-refractivity contribution in [2.45, 2.75) is 37.3 Å². The molecule has 0 saturated carbocycles. The highest BCUT2D eigenvalue weighted by Crippen LogP contribution is 2.31. The van der Waals surface area contributed by atoms with Crippen LogP contribution in [0.25, 0.3) is 17.1 Å². The number of halogens is 3.